The average Bonchev–Trinajstić information content (AvgIpc) is 2.76. The maximum atomic E-state index is 11.6. The van der Waals surface area contributed by atoms with E-state index in [4.69, 9.17) is 23.2 Å². The van der Waals surface area contributed by atoms with Crippen molar-refractivity contribution in [3.05, 3.63) is 46.2 Å². The maximum Gasteiger partial charge on any atom is 0.228 e. The number of hydrogen-bond acceptors (Lipinski definition) is 2. The number of hydrogen-bond donors (Lipinski definition) is 2. The molecule has 0 aliphatic heterocycles. The van der Waals surface area contributed by atoms with Crippen molar-refractivity contribution in [1.29, 1.82) is 0 Å². The number of benzene rings is 1. The summed E-state index contributed by atoms with van der Waals surface area (Å²) < 4.78 is 0. The number of anilines is 1. The highest BCUT2D eigenvalue weighted by Crippen LogP contribution is 2.22. The molecule has 88 valence electrons. The Morgan fingerprint density at radius 1 is 1.35 bits per heavy atom. The van der Waals surface area contributed by atoms with Gasteiger partial charge in [0.25, 0.3) is 0 Å². The van der Waals surface area contributed by atoms with Gasteiger partial charge in [-0.2, -0.15) is 5.10 Å². The molecule has 6 heteroatoms. The predicted octanol–water partition coefficient (Wildman–Crippen LogP) is 2.90. The second kappa shape index (κ2) is 5.21. The van der Waals surface area contributed by atoms with Gasteiger partial charge in [-0.05, 0) is 17.7 Å². The van der Waals surface area contributed by atoms with Crippen LogP contribution >= 0.6 is 23.2 Å². The average molecular weight is 270 g/mol. The molecule has 0 radical (unpaired) electrons. The van der Waals surface area contributed by atoms with E-state index < -0.39 is 0 Å². The van der Waals surface area contributed by atoms with E-state index >= 15 is 0 Å². The van der Waals surface area contributed by atoms with Crippen LogP contribution < -0.4 is 5.32 Å². The minimum absolute atomic E-state index is 0.134. The molecule has 1 aromatic heterocycles. The fraction of sp³-hybridized carbons (Fsp3) is 0.0909. The lowest BCUT2D eigenvalue weighted by molar-refractivity contribution is -0.115. The minimum Gasteiger partial charge on any atom is -0.323 e. The first-order valence-electron chi connectivity index (χ1n) is 4.88. The smallest absolute Gasteiger partial charge is 0.228 e. The van der Waals surface area contributed by atoms with Gasteiger partial charge in [0.2, 0.25) is 5.91 Å². The molecule has 1 amide bonds. The normalized spacial score (nSPS) is 10.2. The van der Waals surface area contributed by atoms with Crippen LogP contribution in [0.4, 0.5) is 5.69 Å². The summed E-state index contributed by atoms with van der Waals surface area (Å²) in [6.07, 6.45) is 3.38. The molecule has 0 saturated heterocycles. The number of carbonyl (C=O) groups excluding carboxylic acids is 1. The summed E-state index contributed by atoms with van der Waals surface area (Å²) in [6.45, 7) is 0. The molecule has 0 saturated carbocycles. The number of H-pyrrole nitrogens is 1. The Bertz CT molecular complexity index is 526. The highest BCUT2D eigenvalue weighted by atomic mass is 35.5. The van der Waals surface area contributed by atoms with Crippen molar-refractivity contribution in [2.24, 2.45) is 0 Å². The summed E-state index contributed by atoms with van der Waals surface area (Å²) in [4.78, 5) is 11.6. The zero-order valence-electron chi connectivity index (χ0n) is 8.71. The topological polar surface area (TPSA) is 57.8 Å². The first-order valence-corrected chi connectivity index (χ1v) is 5.63. The van der Waals surface area contributed by atoms with Gasteiger partial charge in [0.05, 0.1) is 28.4 Å². The Kier molecular flexibility index (Phi) is 3.66. The number of nitrogens with one attached hydrogen (secondary N) is 2. The maximum absolute atomic E-state index is 11.6. The highest BCUT2D eigenvalue weighted by Gasteiger charge is 2.06. The lowest BCUT2D eigenvalue weighted by Gasteiger charge is -2.03. The molecule has 0 fully saturated rings. The van der Waals surface area contributed by atoms with E-state index in [9.17, 15) is 4.79 Å². The van der Waals surface area contributed by atoms with E-state index in [-0.39, 0.29) is 12.3 Å². The van der Waals surface area contributed by atoms with Crippen LogP contribution in [0.15, 0.2) is 30.6 Å². The largest absolute Gasteiger partial charge is 0.323 e. The number of amides is 1. The molecule has 2 rings (SSSR count). The third-order valence-corrected chi connectivity index (χ3v) is 2.87. The van der Waals surface area contributed by atoms with Gasteiger partial charge in [0.15, 0.2) is 0 Å². The van der Waals surface area contributed by atoms with Gasteiger partial charge in [0, 0.05) is 6.20 Å². The second-order valence-corrected chi connectivity index (χ2v) is 4.27. The van der Waals surface area contributed by atoms with Gasteiger partial charge >= 0.3 is 0 Å². The summed E-state index contributed by atoms with van der Waals surface area (Å²) in [5, 5.41) is 9.96. The summed E-state index contributed by atoms with van der Waals surface area (Å²) in [5.74, 6) is -0.134. The first kappa shape index (κ1) is 12.0. The monoisotopic (exact) mass is 269 g/mol. The molecule has 2 aromatic rings. The lowest BCUT2D eigenvalue weighted by atomic mass is 10.1. The summed E-state index contributed by atoms with van der Waals surface area (Å²) in [6, 6.07) is 5.12. The SMILES string of the molecule is O=C(Cc1ccc(Cl)c(Cl)c1)Nc1cn[nH]c1. The van der Waals surface area contributed by atoms with Crippen LogP contribution in [-0.4, -0.2) is 16.1 Å². The van der Waals surface area contributed by atoms with Crippen LogP contribution in [0.2, 0.25) is 10.0 Å². The van der Waals surface area contributed by atoms with Gasteiger partial charge in [-0.15, -0.1) is 0 Å². The zero-order valence-corrected chi connectivity index (χ0v) is 10.2. The van der Waals surface area contributed by atoms with E-state index in [1.54, 1.807) is 24.4 Å². The number of aromatic nitrogens is 2. The van der Waals surface area contributed by atoms with E-state index in [1.165, 1.54) is 6.20 Å². The van der Waals surface area contributed by atoms with Crippen molar-refractivity contribution >= 4 is 34.8 Å². The molecule has 17 heavy (non-hydrogen) atoms. The van der Waals surface area contributed by atoms with Gasteiger partial charge in [-0.1, -0.05) is 29.3 Å². The molecule has 0 spiro atoms. The molecule has 1 aromatic carbocycles. The Morgan fingerprint density at radius 2 is 2.18 bits per heavy atom. The predicted molar refractivity (Wildman–Crippen MR) is 67.4 cm³/mol. The van der Waals surface area contributed by atoms with Crippen molar-refractivity contribution in [3.63, 3.8) is 0 Å². The molecule has 4 nitrogen and oxygen atoms in total. The van der Waals surface area contributed by atoms with Crippen LogP contribution in [-0.2, 0) is 11.2 Å². The fourth-order valence-electron chi connectivity index (χ4n) is 1.36. The van der Waals surface area contributed by atoms with Crippen LogP contribution in [0.1, 0.15) is 5.56 Å². The highest BCUT2D eigenvalue weighted by molar-refractivity contribution is 6.42. The summed E-state index contributed by atoms with van der Waals surface area (Å²) >= 11 is 11.6. The van der Waals surface area contributed by atoms with Gasteiger partial charge < -0.3 is 5.32 Å². The van der Waals surface area contributed by atoms with Crippen molar-refractivity contribution in [2.45, 2.75) is 6.42 Å². The van der Waals surface area contributed by atoms with Gasteiger partial charge in [-0.3, -0.25) is 9.89 Å². The molecule has 0 bridgehead atoms. The molecular formula is C11H9Cl2N3O. The van der Waals surface area contributed by atoms with Crippen molar-refractivity contribution < 1.29 is 4.79 Å². The minimum atomic E-state index is -0.134. The van der Waals surface area contributed by atoms with E-state index in [2.05, 4.69) is 15.5 Å². The van der Waals surface area contributed by atoms with E-state index in [1.807, 2.05) is 0 Å². The number of aromatic amines is 1. The quantitative estimate of drug-likeness (QED) is 0.900. The number of halogens is 2. The third kappa shape index (κ3) is 3.22. The van der Waals surface area contributed by atoms with Crippen LogP contribution in [0.3, 0.4) is 0 Å². The Hall–Kier alpha value is -1.52. The zero-order chi connectivity index (χ0) is 12.3. The van der Waals surface area contributed by atoms with Crippen molar-refractivity contribution in [2.75, 3.05) is 5.32 Å². The Balaban J connectivity index is 2.00. The van der Waals surface area contributed by atoms with Crippen LogP contribution in [0.25, 0.3) is 0 Å². The van der Waals surface area contributed by atoms with Crippen LogP contribution in [0.5, 0.6) is 0 Å². The fourth-order valence-corrected chi connectivity index (χ4v) is 1.68. The number of carbonyl (C=O) groups is 1. The van der Waals surface area contributed by atoms with Crippen molar-refractivity contribution in [1.82, 2.24) is 10.2 Å². The van der Waals surface area contributed by atoms with E-state index in [0.717, 1.165) is 5.56 Å². The van der Waals surface area contributed by atoms with Crippen molar-refractivity contribution in [3.8, 4) is 0 Å². The Labute approximate surface area is 108 Å². The number of nitrogens with zero attached hydrogens (tertiary/aromatic N) is 1. The van der Waals surface area contributed by atoms with Gasteiger partial charge in [-0.25, -0.2) is 0 Å². The summed E-state index contributed by atoms with van der Waals surface area (Å²) in [7, 11) is 0. The molecule has 0 atom stereocenters. The molecular weight excluding hydrogens is 261 g/mol. The standard InChI is InChI=1S/C11H9Cl2N3O/c12-9-2-1-7(3-10(9)13)4-11(17)16-8-5-14-15-6-8/h1-3,5-6H,4H2,(H,14,15)(H,16,17). The third-order valence-electron chi connectivity index (χ3n) is 2.13. The molecule has 1 heterocycles. The first-order chi connectivity index (χ1) is 8.15. The van der Waals surface area contributed by atoms with Gasteiger partial charge in [0.1, 0.15) is 0 Å². The lowest BCUT2D eigenvalue weighted by Crippen LogP contribution is -2.13. The molecule has 0 aliphatic rings. The number of rotatable bonds is 3. The van der Waals surface area contributed by atoms with Crippen LogP contribution in [0, 0.1) is 0 Å². The Morgan fingerprint density at radius 3 is 2.82 bits per heavy atom. The molecule has 0 unspecified atom stereocenters. The van der Waals surface area contributed by atoms with E-state index in [0.29, 0.717) is 15.7 Å². The molecule has 2 N–H and O–H groups in total. The second-order valence-electron chi connectivity index (χ2n) is 3.46. The summed E-state index contributed by atoms with van der Waals surface area (Å²) in [5.41, 5.74) is 1.44. The molecule has 0 aliphatic carbocycles.